The van der Waals surface area contributed by atoms with Gasteiger partial charge in [-0.15, -0.1) is 0 Å². The van der Waals surface area contributed by atoms with Crippen LogP contribution < -0.4 is 10.9 Å². The number of hydrogen-bond acceptors (Lipinski definition) is 4. The minimum absolute atomic E-state index is 0.0223. The van der Waals surface area contributed by atoms with E-state index in [2.05, 4.69) is 10.3 Å². The van der Waals surface area contributed by atoms with Gasteiger partial charge in [0.05, 0.1) is 5.39 Å². The molecule has 3 rings (SSSR count). The third-order valence-electron chi connectivity index (χ3n) is 3.66. The zero-order valence-corrected chi connectivity index (χ0v) is 14.1. The number of benzene rings is 2. The average molecular weight is 352 g/mol. The van der Waals surface area contributed by atoms with Crippen LogP contribution in [0.25, 0.3) is 11.0 Å². The predicted molar refractivity (Wildman–Crippen MR) is 102 cm³/mol. The van der Waals surface area contributed by atoms with E-state index in [1.165, 1.54) is 11.8 Å². The second-order valence-electron chi connectivity index (χ2n) is 5.37. The summed E-state index contributed by atoms with van der Waals surface area (Å²) < 4.78 is 5.17. The lowest BCUT2D eigenvalue weighted by Gasteiger charge is -2.04. The molecule has 0 radical (unpaired) electrons. The molecule has 0 fully saturated rings. The third kappa shape index (κ3) is 4.10. The van der Waals surface area contributed by atoms with Gasteiger partial charge in [-0.3, -0.25) is 0 Å². The molecule has 0 unspecified atom stereocenters. The summed E-state index contributed by atoms with van der Waals surface area (Å²) in [6.07, 6.45) is 2.03. The van der Waals surface area contributed by atoms with Gasteiger partial charge in [0.1, 0.15) is 16.9 Å². The van der Waals surface area contributed by atoms with Gasteiger partial charge in [-0.05, 0) is 36.3 Å². The van der Waals surface area contributed by atoms with Gasteiger partial charge in [0.2, 0.25) is 0 Å². The molecule has 0 aliphatic carbocycles. The molecule has 0 saturated carbocycles. The van der Waals surface area contributed by atoms with Crippen LogP contribution in [0.4, 0.5) is 0 Å². The zero-order chi connectivity index (χ0) is 17.6. The maximum Gasteiger partial charge on any atom is 0.348 e. The van der Waals surface area contributed by atoms with E-state index in [0.29, 0.717) is 17.5 Å². The molecule has 0 bridgehead atoms. The first-order chi connectivity index (χ1) is 12.1. The summed E-state index contributed by atoms with van der Waals surface area (Å²) in [5.41, 5.74) is 0.832. The number of aliphatic imine (C=N–C) groups is 1. The topological polar surface area (TPSA) is 74.8 Å². The second-order valence-corrected chi connectivity index (χ2v) is 5.76. The number of fused-ring (bicyclic) bond motifs is 1. The van der Waals surface area contributed by atoms with Gasteiger partial charge in [0.25, 0.3) is 0 Å². The molecule has 2 N–H and O–H groups in total. The van der Waals surface area contributed by atoms with Gasteiger partial charge in [-0.25, -0.2) is 9.79 Å². The van der Waals surface area contributed by atoms with Crippen LogP contribution in [-0.2, 0) is 6.42 Å². The van der Waals surface area contributed by atoms with E-state index in [9.17, 15) is 9.90 Å². The molecule has 3 aromatic rings. The number of nitrogens with zero attached hydrogens (tertiary/aromatic N) is 1. The van der Waals surface area contributed by atoms with E-state index >= 15 is 0 Å². The van der Waals surface area contributed by atoms with E-state index < -0.39 is 5.63 Å². The molecule has 0 saturated heterocycles. The average Bonchev–Trinajstić information content (AvgIpc) is 2.62. The lowest BCUT2D eigenvalue weighted by molar-refractivity contribution is 0.466. The monoisotopic (exact) mass is 352 g/mol. The highest BCUT2D eigenvalue weighted by Gasteiger charge is 2.11. The van der Waals surface area contributed by atoms with Gasteiger partial charge in [0.15, 0.2) is 5.11 Å². The number of rotatable bonds is 4. The van der Waals surface area contributed by atoms with Crippen molar-refractivity contribution in [3.63, 3.8) is 0 Å². The highest BCUT2D eigenvalue weighted by Crippen LogP contribution is 2.24. The number of nitrogens with one attached hydrogen (secondary N) is 1. The SMILES string of the molecule is O=c1oc2ccccc2c(O)c1C=NC(=S)NCCc1ccccc1. The fourth-order valence-electron chi connectivity index (χ4n) is 2.39. The minimum Gasteiger partial charge on any atom is -0.506 e. The fraction of sp³-hybridized carbons (Fsp3) is 0.105. The van der Waals surface area contributed by atoms with Gasteiger partial charge in [0, 0.05) is 12.8 Å². The van der Waals surface area contributed by atoms with Crippen molar-refractivity contribution in [1.82, 2.24) is 5.32 Å². The number of hydrogen-bond donors (Lipinski definition) is 2. The van der Waals surface area contributed by atoms with Crippen LogP contribution in [0.3, 0.4) is 0 Å². The van der Waals surface area contributed by atoms with Gasteiger partial charge in [-0.2, -0.15) is 0 Å². The van der Waals surface area contributed by atoms with Crippen molar-refractivity contribution in [2.45, 2.75) is 6.42 Å². The van der Waals surface area contributed by atoms with Crippen molar-refractivity contribution < 1.29 is 9.52 Å². The normalized spacial score (nSPS) is 11.0. The Balaban J connectivity index is 1.68. The first-order valence-corrected chi connectivity index (χ1v) is 8.16. The Hall–Kier alpha value is -2.99. The van der Waals surface area contributed by atoms with Crippen LogP contribution in [0, 0.1) is 0 Å². The molecule has 0 spiro atoms. The largest absolute Gasteiger partial charge is 0.506 e. The molecular weight excluding hydrogens is 336 g/mol. The maximum atomic E-state index is 12.0. The van der Waals surface area contributed by atoms with Crippen molar-refractivity contribution in [3.8, 4) is 5.75 Å². The summed E-state index contributed by atoms with van der Waals surface area (Å²) in [6, 6.07) is 16.8. The molecule has 126 valence electrons. The van der Waals surface area contributed by atoms with Crippen LogP contribution >= 0.6 is 12.2 Å². The summed E-state index contributed by atoms with van der Waals surface area (Å²) in [4.78, 5) is 16.0. The molecule has 0 amide bonds. The Morgan fingerprint density at radius 2 is 1.88 bits per heavy atom. The zero-order valence-electron chi connectivity index (χ0n) is 13.3. The van der Waals surface area contributed by atoms with Crippen molar-refractivity contribution in [2.24, 2.45) is 4.99 Å². The smallest absolute Gasteiger partial charge is 0.348 e. The van der Waals surface area contributed by atoms with Crippen molar-refractivity contribution in [2.75, 3.05) is 6.54 Å². The summed E-state index contributed by atoms with van der Waals surface area (Å²) >= 11 is 5.13. The van der Waals surface area contributed by atoms with Crippen LogP contribution in [0.1, 0.15) is 11.1 Å². The number of thiocarbonyl (C=S) groups is 1. The predicted octanol–water partition coefficient (Wildman–Crippen LogP) is 3.03. The maximum absolute atomic E-state index is 12.0. The highest BCUT2D eigenvalue weighted by molar-refractivity contribution is 7.80. The molecule has 1 heterocycles. The molecule has 0 aliphatic heterocycles. The third-order valence-corrected chi connectivity index (χ3v) is 3.91. The molecule has 6 heteroatoms. The molecule has 25 heavy (non-hydrogen) atoms. The van der Waals surface area contributed by atoms with Crippen LogP contribution in [-0.4, -0.2) is 23.0 Å². The Labute approximate surface area is 149 Å². The van der Waals surface area contributed by atoms with Gasteiger partial charge < -0.3 is 14.8 Å². The Morgan fingerprint density at radius 1 is 1.16 bits per heavy atom. The van der Waals surface area contributed by atoms with E-state index in [4.69, 9.17) is 16.6 Å². The molecule has 5 nitrogen and oxygen atoms in total. The van der Waals surface area contributed by atoms with Crippen LogP contribution in [0.2, 0.25) is 0 Å². The van der Waals surface area contributed by atoms with E-state index in [1.54, 1.807) is 24.3 Å². The molecule has 1 aromatic heterocycles. The van der Waals surface area contributed by atoms with Crippen LogP contribution in [0.5, 0.6) is 5.75 Å². The van der Waals surface area contributed by atoms with Crippen molar-refractivity contribution >= 4 is 34.5 Å². The Bertz CT molecular complexity index is 981. The highest BCUT2D eigenvalue weighted by atomic mass is 32.1. The molecule has 2 aromatic carbocycles. The van der Waals surface area contributed by atoms with Gasteiger partial charge in [-0.1, -0.05) is 42.5 Å². The first-order valence-electron chi connectivity index (χ1n) is 7.76. The van der Waals surface area contributed by atoms with E-state index in [-0.39, 0.29) is 16.4 Å². The second kappa shape index (κ2) is 7.72. The van der Waals surface area contributed by atoms with E-state index in [0.717, 1.165) is 6.42 Å². The fourth-order valence-corrected chi connectivity index (χ4v) is 2.54. The van der Waals surface area contributed by atoms with Crippen molar-refractivity contribution in [1.29, 1.82) is 0 Å². The summed E-state index contributed by atoms with van der Waals surface area (Å²) in [5, 5.41) is 13.9. The molecule has 0 atom stereocenters. The van der Waals surface area contributed by atoms with Gasteiger partial charge >= 0.3 is 5.63 Å². The number of aromatic hydroxyl groups is 1. The number of para-hydroxylation sites is 1. The summed E-state index contributed by atoms with van der Waals surface area (Å²) in [7, 11) is 0. The lowest BCUT2D eigenvalue weighted by atomic mass is 10.1. The Kier molecular flexibility index (Phi) is 5.20. The van der Waals surface area contributed by atoms with Crippen molar-refractivity contribution in [3.05, 3.63) is 76.1 Å². The molecular formula is C19H16N2O3S. The van der Waals surface area contributed by atoms with Crippen LogP contribution in [0.15, 0.2) is 68.8 Å². The standard InChI is InChI=1S/C19H16N2O3S/c22-17-14-8-4-5-9-16(14)24-18(23)15(17)12-21-19(25)20-11-10-13-6-2-1-3-7-13/h1-9,12,22H,10-11H2,(H,20,25). The summed E-state index contributed by atoms with van der Waals surface area (Å²) in [6.45, 7) is 0.624. The quantitative estimate of drug-likeness (QED) is 0.429. The minimum atomic E-state index is -0.660. The molecule has 0 aliphatic rings. The first kappa shape index (κ1) is 16.9. The Morgan fingerprint density at radius 3 is 2.68 bits per heavy atom. The van der Waals surface area contributed by atoms with E-state index in [1.807, 2.05) is 30.3 Å². The lowest BCUT2D eigenvalue weighted by Crippen LogP contribution is -2.22. The summed E-state index contributed by atoms with van der Waals surface area (Å²) in [5.74, 6) is -0.164.